The zero-order chi connectivity index (χ0) is 19.4. The number of carbonyl (C=O) groups excluding carboxylic acids is 1. The van der Waals surface area contributed by atoms with E-state index in [0.717, 1.165) is 11.4 Å². The van der Waals surface area contributed by atoms with Gasteiger partial charge in [0.1, 0.15) is 0 Å². The van der Waals surface area contributed by atoms with Crippen LogP contribution in [0.3, 0.4) is 0 Å². The summed E-state index contributed by atoms with van der Waals surface area (Å²) < 4.78 is 12.0. The lowest BCUT2D eigenvalue weighted by Crippen LogP contribution is -2.01. The molecule has 0 aliphatic carbocycles. The molecular weight excluding hydrogens is 344 g/mol. The first-order chi connectivity index (χ1) is 13.0. The summed E-state index contributed by atoms with van der Waals surface area (Å²) in [7, 11) is 2.91. The highest BCUT2D eigenvalue weighted by atomic mass is 16.5. The molecule has 27 heavy (non-hydrogen) atoms. The number of carbonyl (C=O) groups is 1. The third-order valence-electron chi connectivity index (χ3n) is 4.21. The number of ketones is 1. The zero-order valence-corrected chi connectivity index (χ0v) is 15.3. The van der Waals surface area contributed by atoms with E-state index in [4.69, 9.17) is 9.47 Å². The second kappa shape index (κ2) is 7.78. The second-order valence-electron chi connectivity index (χ2n) is 5.86. The van der Waals surface area contributed by atoms with Gasteiger partial charge in [0.25, 0.3) is 0 Å². The van der Waals surface area contributed by atoms with Crippen LogP contribution in [0.15, 0.2) is 54.7 Å². The largest absolute Gasteiger partial charge is 0.502 e. The number of aromatic hydroxyl groups is 1. The SMILES string of the molecule is COc1cc(C=CC(=O)c2cnn(-c3ccccc3)c2C)cc(OC)c1O. The van der Waals surface area contributed by atoms with Crippen molar-refractivity contribution < 1.29 is 19.4 Å². The number of aromatic nitrogens is 2. The molecule has 0 aliphatic heterocycles. The molecule has 0 saturated carbocycles. The van der Waals surface area contributed by atoms with Crippen molar-refractivity contribution in [2.24, 2.45) is 0 Å². The van der Waals surface area contributed by atoms with E-state index >= 15 is 0 Å². The zero-order valence-electron chi connectivity index (χ0n) is 15.3. The van der Waals surface area contributed by atoms with E-state index in [1.54, 1.807) is 29.1 Å². The average Bonchev–Trinajstić information content (AvgIpc) is 3.09. The molecule has 0 radical (unpaired) electrons. The van der Waals surface area contributed by atoms with Gasteiger partial charge < -0.3 is 14.6 Å². The Morgan fingerprint density at radius 2 is 1.74 bits per heavy atom. The van der Waals surface area contributed by atoms with E-state index in [0.29, 0.717) is 11.1 Å². The van der Waals surface area contributed by atoms with Gasteiger partial charge >= 0.3 is 0 Å². The molecule has 0 spiro atoms. The molecule has 0 saturated heterocycles. The van der Waals surface area contributed by atoms with Crippen molar-refractivity contribution in [1.29, 1.82) is 0 Å². The summed E-state index contributed by atoms with van der Waals surface area (Å²) in [6, 6.07) is 12.9. The van der Waals surface area contributed by atoms with E-state index in [1.807, 2.05) is 37.3 Å². The highest BCUT2D eigenvalue weighted by Gasteiger charge is 2.14. The van der Waals surface area contributed by atoms with Gasteiger partial charge in [0.15, 0.2) is 17.3 Å². The van der Waals surface area contributed by atoms with E-state index in [9.17, 15) is 9.90 Å². The van der Waals surface area contributed by atoms with Crippen molar-refractivity contribution in [2.75, 3.05) is 14.2 Å². The lowest BCUT2D eigenvalue weighted by Gasteiger charge is -2.09. The monoisotopic (exact) mass is 364 g/mol. The maximum Gasteiger partial charge on any atom is 0.200 e. The van der Waals surface area contributed by atoms with Gasteiger partial charge in [-0.15, -0.1) is 0 Å². The number of ether oxygens (including phenoxy) is 2. The summed E-state index contributed by atoms with van der Waals surface area (Å²) in [5, 5.41) is 14.3. The Balaban J connectivity index is 1.87. The van der Waals surface area contributed by atoms with Crippen molar-refractivity contribution in [1.82, 2.24) is 9.78 Å². The van der Waals surface area contributed by atoms with Gasteiger partial charge in [-0.1, -0.05) is 24.3 Å². The van der Waals surface area contributed by atoms with Crippen LogP contribution in [0.4, 0.5) is 0 Å². The van der Waals surface area contributed by atoms with Gasteiger partial charge in [0.05, 0.1) is 37.4 Å². The summed E-state index contributed by atoms with van der Waals surface area (Å²) in [6.45, 7) is 1.85. The predicted molar refractivity (Wildman–Crippen MR) is 103 cm³/mol. The van der Waals surface area contributed by atoms with Crippen LogP contribution >= 0.6 is 0 Å². The number of benzene rings is 2. The summed E-state index contributed by atoms with van der Waals surface area (Å²) in [6.07, 6.45) is 4.67. The number of rotatable bonds is 6. The van der Waals surface area contributed by atoms with Crippen molar-refractivity contribution >= 4 is 11.9 Å². The first-order valence-corrected chi connectivity index (χ1v) is 8.32. The summed E-state index contributed by atoms with van der Waals surface area (Å²) in [5.41, 5.74) is 2.85. The average molecular weight is 364 g/mol. The van der Waals surface area contributed by atoms with Crippen LogP contribution in [-0.2, 0) is 0 Å². The lowest BCUT2D eigenvalue weighted by atomic mass is 10.1. The standard InChI is InChI=1S/C21H20N2O4/c1-14-17(13-22-23(14)16-7-5-4-6-8-16)18(24)10-9-15-11-19(26-2)21(25)20(12-15)27-3/h4-13,25H,1-3H3. The fourth-order valence-electron chi connectivity index (χ4n) is 2.75. The maximum absolute atomic E-state index is 12.6. The van der Waals surface area contributed by atoms with Crippen LogP contribution in [0.5, 0.6) is 17.2 Å². The number of phenolic OH excluding ortho intramolecular Hbond substituents is 1. The van der Waals surface area contributed by atoms with Gasteiger partial charge in [0.2, 0.25) is 5.75 Å². The number of hydrogen-bond acceptors (Lipinski definition) is 5. The van der Waals surface area contributed by atoms with Gasteiger partial charge in [0, 0.05) is 0 Å². The number of methoxy groups -OCH3 is 2. The van der Waals surface area contributed by atoms with Gasteiger partial charge in [-0.25, -0.2) is 4.68 Å². The molecule has 0 aliphatic rings. The molecule has 1 N–H and O–H groups in total. The molecule has 1 heterocycles. The van der Waals surface area contributed by atoms with Crippen LogP contribution in [0.2, 0.25) is 0 Å². The molecule has 6 nitrogen and oxygen atoms in total. The topological polar surface area (TPSA) is 73.6 Å². The molecule has 1 aromatic heterocycles. The molecule has 0 fully saturated rings. The Labute approximate surface area is 157 Å². The quantitative estimate of drug-likeness (QED) is 0.532. The third kappa shape index (κ3) is 3.69. The van der Waals surface area contributed by atoms with Crippen molar-refractivity contribution in [2.45, 2.75) is 6.92 Å². The van der Waals surface area contributed by atoms with Crippen LogP contribution < -0.4 is 9.47 Å². The van der Waals surface area contributed by atoms with Crippen LogP contribution in [-0.4, -0.2) is 34.9 Å². The van der Waals surface area contributed by atoms with E-state index in [2.05, 4.69) is 5.10 Å². The smallest absolute Gasteiger partial charge is 0.200 e. The fraction of sp³-hybridized carbons (Fsp3) is 0.143. The third-order valence-corrected chi connectivity index (χ3v) is 4.21. The van der Waals surface area contributed by atoms with E-state index in [1.165, 1.54) is 20.3 Å². The van der Waals surface area contributed by atoms with Crippen LogP contribution in [0, 0.1) is 6.92 Å². The van der Waals surface area contributed by atoms with Gasteiger partial charge in [-0.2, -0.15) is 5.10 Å². The predicted octanol–water partition coefficient (Wildman–Crippen LogP) is 3.80. The molecule has 0 bridgehead atoms. The molecule has 0 atom stereocenters. The minimum Gasteiger partial charge on any atom is -0.502 e. The Morgan fingerprint density at radius 3 is 2.33 bits per heavy atom. The molecule has 2 aromatic carbocycles. The molecule has 3 rings (SSSR count). The first-order valence-electron chi connectivity index (χ1n) is 8.32. The van der Waals surface area contributed by atoms with Crippen molar-refractivity contribution in [3.63, 3.8) is 0 Å². The lowest BCUT2D eigenvalue weighted by molar-refractivity contribution is 0.104. The van der Waals surface area contributed by atoms with Crippen LogP contribution in [0.25, 0.3) is 11.8 Å². The second-order valence-corrected chi connectivity index (χ2v) is 5.86. The Kier molecular flexibility index (Phi) is 5.26. The Hall–Kier alpha value is -3.54. The summed E-state index contributed by atoms with van der Waals surface area (Å²) in [5.74, 6) is 0.299. The van der Waals surface area contributed by atoms with Gasteiger partial charge in [-0.3, -0.25) is 4.79 Å². The molecule has 0 amide bonds. The van der Waals surface area contributed by atoms with Crippen molar-refractivity contribution in [3.05, 3.63) is 71.6 Å². The molecule has 138 valence electrons. The number of para-hydroxylation sites is 1. The van der Waals surface area contributed by atoms with E-state index < -0.39 is 0 Å². The Bertz CT molecular complexity index is 966. The highest BCUT2D eigenvalue weighted by molar-refractivity contribution is 6.07. The minimum atomic E-state index is -0.166. The molecule has 3 aromatic rings. The minimum absolute atomic E-state index is 0.0801. The molecular formula is C21H20N2O4. The molecule has 0 unspecified atom stereocenters. The summed E-state index contributed by atoms with van der Waals surface area (Å²) >= 11 is 0. The number of allylic oxidation sites excluding steroid dienone is 1. The Morgan fingerprint density at radius 1 is 1.11 bits per heavy atom. The number of phenols is 1. The van der Waals surface area contributed by atoms with E-state index in [-0.39, 0.29) is 23.0 Å². The first kappa shape index (κ1) is 18.3. The maximum atomic E-state index is 12.6. The van der Waals surface area contributed by atoms with Crippen LogP contribution in [0.1, 0.15) is 21.6 Å². The number of hydrogen-bond donors (Lipinski definition) is 1. The number of nitrogens with zero attached hydrogens (tertiary/aromatic N) is 2. The molecule has 6 heteroatoms. The normalized spacial score (nSPS) is 10.9. The fourth-order valence-corrected chi connectivity index (χ4v) is 2.75. The van der Waals surface area contributed by atoms with Gasteiger partial charge in [-0.05, 0) is 42.8 Å². The summed E-state index contributed by atoms with van der Waals surface area (Å²) in [4.78, 5) is 12.6. The van der Waals surface area contributed by atoms with Crippen molar-refractivity contribution in [3.8, 4) is 22.9 Å². The highest BCUT2D eigenvalue weighted by Crippen LogP contribution is 2.37.